The molecular weight excluding hydrogens is 502 g/mol. The zero-order valence-electron chi connectivity index (χ0n) is 23.0. The molecule has 1 aliphatic heterocycles. The van der Waals surface area contributed by atoms with Crippen LogP contribution in [0.4, 0.5) is 0 Å². The maximum absolute atomic E-state index is 13.8. The summed E-state index contributed by atoms with van der Waals surface area (Å²) >= 11 is 0. The molecule has 6 nitrogen and oxygen atoms in total. The van der Waals surface area contributed by atoms with Gasteiger partial charge < -0.3 is 14.2 Å². The third kappa shape index (κ3) is 6.17. The highest BCUT2D eigenvalue weighted by Crippen LogP contribution is 2.46. The summed E-state index contributed by atoms with van der Waals surface area (Å²) in [7, 11) is 0. The Labute approximate surface area is 235 Å². The van der Waals surface area contributed by atoms with Crippen molar-refractivity contribution in [3.05, 3.63) is 107 Å². The Morgan fingerprint density at radius 2 is 1.43 bits per heavy atom. The van der Waals surface area contributed by atoms with E-state index in [1.165, 1.54) is 0 Å². The van der Waals surface area contributed by atoms with E-state index in [0.717, 1.165) is 29.0 Å². The molecule has 0 bridgehead atoms. The van der Waals surface area contributed by atoms with Gasteiger partial charge in [0.2, 0.25) is 0 Å². The Bertz CT molecular complexity index is 1380. The predicted molar refractivity (Wildman–Crippen MR) is 155 cm³/mol. The topological polar surface area (TPSA) is 74.2 Å². The monoisotopic (exact) mass is 537 g/mol. The van der Waals surface area contributed by atoms with Gasteiger partial charge in [-0.25, -0.2) is 4.79 Å². The summed E-state index contributed by atoms with van der Waals surface area (Å²) in [6, 6.07) is 27.2. The summed E-state index contributed by atoms with van der Waals surface area (Å²) in [5.74, 6) is 0.202. The fourth-order valence-electron chi connectivity index (χ4n) is 5.64. The molecule has 0 spiro atoms. The molecule has 1 saturated carbocycles. The van der Waals surface area contributed by atoms with Gasteiger partial charge in [0.15, 0.2) is 0 Å². The van der Waals surface area contributed by atoms with E-state index in [2.05, 4.69) is 19.1 Å². The Hall–Kier alpha value is -4.19. The van der Waals surface area contributed by atoms with Crippen molar-refractivity contribution >= 4 is 17.5 Å². The number of carbonyl (C=O) groups excluding carboxylic acids is 2. The van der Waals surface area contributed by atoms with Crippen molar-refractivity contribution < 1.29 is 23.8 Å². The molecule has 206 valence electrons. The minimum Gasteiger partial charge on any atom is -0.494 e. The Kier molecular flexibility index (Phi) is 8.74. The molecular formula is C34H35NO5. The van der Waals surface area contributed by atoms with Crippen LogP contribution < -0.4 is 9.47 Å². The molecule has 1 unspecified atom stereocenters. The van der Waals surface area contributed by atoms with Gasteiger partial charge in [-0.05, 0) is 61.1 Å². The number of fused-ring (bicyclic) bond motifs is 1. The van der Waals surface area contributed by atoms with Crippen LogP contribution in [0.25, 0.3) is 0 Å². The second-order valence-electron chi connectivity index (χ2n) is 10.3. The number of carbonyl (C=O) groups is 2. The maximum Gasteiger partial charge on any atom is 0.336 e. The van der Waals surface area contributed by atoms with Crippen molar-refractivity contribution in [3.8, 4) is 11.5 Å². The van der Waals surface area contributed by atoms with E-state index in [1.54, 1.807) is 0 Å². The molecule has 0 saturated heterocycles. The molecule has 3 aromatic carbocycles. The summed E-state index contributed by atoms with van der Waals surface area (Å²) < 4.78 is 17.2. The number of benzene rings is 3. The minimum atomic E-state index is -0.505. The number of para-hydroxylation sites is 1. The van der Waals surface area contributed by atoms with E-state index in [-0.39, 0.29) is 24.9 Å². The molecule has 40 heavy (non-hydrogen) atoms. The van der Waals surface area contributed by atoms with E-state index in [4.69, 9.17) is 19.2 Å². The van der Waals surface area contributed by atoms with Gasteiger partial charge in [0.25, 0.3) is 0 Å². The Morgan fingerprint density at radius 1 is 0.775 bits per heavy atom. The second-order valence-corrected chi connectivity index (χ2v) is 10.3. The lowest BCUT2D eigenvalue weighted by molar-refractivity contribution is -0.140. The number of allylic oxidation sites excluding steroid dienone is 1. The normalized spacial score (nSPS) is 20.4. The number of nitrogens with zero attached hydrogens (tertiary/aromatic N) is 1. The van der Waals surface area contributed by atoms with Crippen LogP contribution in [0.3, 0.4) is 0 Å². The van der Waals surface area contributed by atoms with Gasteiger partial charge in [-0.15, -0.1) is 0 Å². The fourth-order valence-corrected chi connectivity index (χ4v) is 5.64. The molecule has 6 heteroatoms. The van der Waals surface area contributed by atoms with Gasteiger partial charge in [0, 0.05) is 23.7 Å². The first-order valence-electron chi connectivity index (χ1n) is 14.0. The first-order chi connectivity index (χ1) is 19.5. The molecule has 0 N–H and O–H groups in total. The highest BCUT2D eigenvalue weighted by molar-refractivity contribution is 6.12. The maximum atomic E-state index is 13.8. The van der Waals surface area contributed by atoms with Crippen LogP contribution in [0.5, 0.6) is 11.5 Å². The van der Waals surface area contributed by atoms with Crippen LogP contribution in [-0.2, 0) is 14.3 Å². The van der Waals surface area contributed by atoms with Crippen LogP contribution >= 0.6 is 0 Å². The lowest BCUT2D eigenvalue weighted by Crippen LogP contribution is -2.41. The van der Waals surface area contributed by atoms with Gasteiger partial charge in [0.1, 0.15) is 30.5 Å². The number of ether oxygens (including phenoxy) is 3. The van der Waals surface area contributed by atoms with Crippen molar-refractivity contribution in [2.75, 3.05) is 19.8 Å². The first kappa shape index (κ1) is 27.4. The minimum absolute atomic E-state index is 0.0746. The number of ketones is 1. The average molecular weight is 538 g/mol. The largest absolute Gasteiger partial charge is 0.494 e. The van der Waals surface area contributed by atoms with Gasteiger partial charge in [-0.2, -0.15) is 0 Å². The van der Waals surface area contributed by atoms with Gasteiger partial charge in [-0.1, -0.05) is 67.6 Å². The quantitative estimate of drug-likeness (QED) is 0.213. The van der Waals surface area contributed by atoms with E-state index in [9.17, 15) is 9.59 Å². The molecule has 3 aromatic rings. The molecule has 1 fully saturated rings. The summed E-state index contributed by atoms with van der Waals surface area (Å²) in [4.78, 5) is 32.2. The standard InChI is InChI=1S/C34H35NO5/c1-3-18-38-28-16-14-25(15-17-28)32-31(34(37)40-20-19-39-27-12-8-5-9-13-27)23(2)35-29-21-26(22-30(36)33(29)32)24-10-6-4-7-11-24/h4-17,26,32-33H,3,18-22H2,1-2H3/t26-,32+,33?/m1/s1. The highest BCUT2D eigenvalue weighted by atomic mass is 16.6. The van der Waals surface area contributed by atoms with E-state index >= 15 is 0 Å². The van der Waals surface area contributed by atoms with Crippen LogP contribution in [-0.4, -0.2) is 37.3 Å². The van der Waals surface area contributed by atoms with Crippen molar-refractivity contribution in [2.24, 2.45) is 10.9 Å². The average Bonchev–Trinajstić information content (AvgIpc) is 2.98. The molecule has 1 heterocycles. The van der Waals surface area contributed by atoms with Crippen molar-refractivity contribution in [1.29, 1.82) is 0 Å². The van der Waals surface area contributed by atoms with Crippen LogP contribution in [0, 0.1) is 5.92 Å². The van der Waals surface area contributed by atoms with E-state index in [0.29, 0.717) is 36.5 Å². The third-order valence-corrected chi connectivity index (χ3v) is 7.49. The summed E-state index contributed by atoms with van der Waals surface area (Å²) in [6.07, 6.45) is 2.00. The summed E-state index contributed by atoms with van der Waals surface area (Å²) in [5.41, 5.74) is 3.87. The molecule has 2 aliphatic rings. The fraction of sp³-hybridized carbons (Fsp3) is 0.324. The van der Waals surface area contributed by atoms with E-state index < -0.39 is 17.8 Å². The molecule has 0 aromatic heterocycles. The van der Waals surface area contributed by atoms with E-state index in [1.807, 2.05) is 79.7 Å². The summed E-state index contributed by atoms with van der Waals surface area (Å²) in [5, 5.41) is 0. The number of aliphatic imine (C=N–C) groups is 1. The van der Waals surface area contributed by atoms with Crippen LogP contribution in [0.1, 0.15) is 56.1 Å². The number of hydrogen-bond donors (Lipinski definition) is 0. The zero-order chi connectivity index (χ0) is 27.9. The second kappa shape index (κ2) is 12.8. The van der Waals surface area contributed by atoms with Crippen LogP contribution in [0.15, 0.2) is 101 Å². The number of hydrogen-bond acceptors (Lipinski definition) is 6. The highest BCUT2D eigenvalue weighted by Gasteiger charge is 2.46. The molecule has 0 amide bonds. The zero-order valence-corrected chi connectivity index (χ0v) is 23.0. The molecule has 3 atom stereocenters. The number of Topliss-reactive ketones (excluding diaryl/α,β-unsaturated/α-hetero) is 1. The lowest BCUT2D eigenvalue weighted by Gasteiger charge is -2.38. The van der Waals surface area contributed by atoms with Gasteiger partial charge in [-0.3, -0.25) is 9.79 Å². The lowest BCUT2D eigenvalue weighted by atomic mass is 9.66. The van der Waals surface area contributed by atoms with Crippen LogP contribution in [0.2, 0.25) is 0 Å². The number of rotatable bonds is 10. The Morgan fingerprint density at radius 3 is 2.12 bits per heavy atom. The van der Waals surface area contributed by atoms with Gasteiger partial charge in [0.05, 0.1) is 18.1 Å². The Balaban J connectivity index is 1.41. The smallest absolute Gasteiger partial charge is 0.336 e. The molecule has 0 radical (unpaired) electrons. The van der Waals surface area contributed by atoms with Crippen molar-refractivity contribution in [3.63, 3.8) is 0 Å². The molecule has 5 rings (SSSR count). The third-order valence-electron chi connectivity index (χ3n) is 7.49. The van der Waals surface area contributed by atoms with Crippen molar-refractivity contribution in [1.82, 2.24) is 0 Å². The SMILES string of the molecule is CCCOc1ccc([C@H]2C(C(=O)OCCOc3ccccc3)=C(C)N=C3C[C@@H](c4ccccc4)CC(=O)C32)cc1. The first-order valence-corrected chi connectivity index (χ1v) is 14.0. The molecule has 1 aliphatic carbocycles. The number of esters is 1. The van der Waals surface area contributed by atoms with Crippen molar-refractivity contribution in [2.45, 2.75) is 44.9 Å². The summed E-state index contributed by atoms with van der Waals surface area (Å²) in [6.45, 7) is 4.84. The van der Waals surface area contributed by atoms with Gasteiger partial charge >= 0.3 is 5.97 Å². The predicted octanol–water partition coefficient (Wildman–Crippen LogP) is 6.67.